The van der Waals surface area contributed by atoms with E-state index in [2.05, 4.69) is 8.88 Å². The average Bonchev–Trinajstić information content (AvgIpc) is 2.39. The Kier molecular flexibility index (Phi) is 4.00. The Morgan fingerprint density at radius 2 is 0.950 bits per heavy atom. The molecule has 0 amide bonds. The molecule has 8 heteroatoms. The van der Waals surface area contributed by atoms with Crippen LogP contribution < -0.4 is 8.88 Å². The molecule has 0 unspecified atom stereocenters. The maximum atomic E-state index is 5.77. The van der Waals surface area contributed by atoms with Crippen molar-refractivity contribution in [3.63, 3.8) is 0 Å². The number of rotatable bonds is 2. The molecule has 0 bridgehead atoms. The van der Waals surface area contributed by atoms with Crippen molar-refractivity contribution in [2.75, 3.05) is 8.88 Å². The van der Waals surface area contributed by atoms with Gasteiger partial charge in [0.15, 0.2) is 11.1 Å². The van der Waals surface area contributed by atoms with Crippen LogP contribution in [0, 0.1) is 0 Å². The molecule has 1 heterocycles. The molecule has 1 aliphatic rings. The van der Waals surface area contributed by atoms with Gasteiger partial charge in [0.2, 0.25) is 0 Å². The van der Waals surface area contributed by atoms with Gasteiger partial charge in [-0.25, -0.2) is 0 Å². The summed E-state index contributed by atoms with van der Waals surface area (Å²) in [6.07, 6.45) is 0. The molecule has 1 saturated heterocycles. The monoisotopic (exact) mass is 374 g/mol. The van der Waals surface area contributed by atoms with Crippen LogP contribution in [0.25, 0.3) is 0 Å². The lowest BCUT2D eigenvalue weighted by atomic mass is 10.3. The summed E-state index contributed by atoms with van der Waals surface area (Å²) in [5, 5.41) is 0. The van der Waals surface area contributed by atoms with Gasteiger partial charge in [0.25, 0.3) is 0 Å². The van der Waals surface area contributed by atoms with Gasteiger partial charge in [-0.3, -0.25) is 8.88 Å². The lowest BCUT2D eigenvalue weighted by molar-refractivity contribution is 1.45. The van der Waals surface area contributed by atoms with Crippen molar-refractivity contribution >= 4 is 70.6 Å². The van der Waals surface area contributed by atoms with Gasteiger partial charge in [0.1, 0.15) is 0 Å². The molecule has 0 radical (unpaired) electrons. The molecular weight excluding hydrogens is 362 g/mol. The summed E-state index contributed by atoms with van der Waals surface area (Å²) >= 11 is 21.1. The van der Waals surface area contributed by atoms with Gasteiger partial charge in [0.05, 0.1) is 0 Å². The number of anilines is 2. The SMILES string of the molecule is S=P1(S)N(c2ccccc2)P(=S)(S)N1c1ccccc1. The zero-order valence-corrected chi connectivity index (χ0v) is 15.5. The second kappa shape index (κ2) is 5.35. The number of para-hydroxylation sites is 2. The first-order chi connectivity index (χ1) is 9.45. The van der Waals surface area contributed by atoms with Gasteiger partial charge in [-0.2, -0.15) is 0 Å². The number of benzene rings is 2. The minimum atomic E-state index is -2.19. The Morgan fingerprint density at radius 1 is 0.650 bits per heavy atom. The van der Waals surface area contributed by atoms with Crippen molar-refractivity contribution in [1.82, 2.24) is 0 Å². The maximum Gasteiger partial charge on any atom is 0.188 e. The van der Waals surface area contributed by atoms with Crippen molar-refractivity contribution in [2.45, 2.75) is 0 Å². The molecule has 0 aromatic heterocycles. The highest BCUT2D eigenvalue weighted by Gasteiger charge is 2.54. The van der Waals surface area contributed by atoms with E-state index in [4.69, 9.17) is 48.1 Å². The number of thiol groups is 2. The molecule has 2 aromatic carbocycles. The summed E-state index contributed by atoms with van der Waals surface area (Å²) in [4.78, 5) is 0. The first-order valence-electron chi connectivity index (χ1n) is 5.83. The predicted octanol–water partition coefficient (Wildman–Crippen LogP) is 5.32. The second-order valence-electron chi connectivity index (χ2n) is 4.28. The van der Waals surface area contributed by atoms with E-state index >= 15 is 0 Å². The Bertz CT molecular complexity index is 643. The van der Waals surface area contributed by atoms with Gasteiger partial charge in [-0.05, 0) is 47.9 Å². The molecule has 1 aliphatic heterocycles. The van der Waals surface area contributed by atoms with Crippen LogP contribution in [0.15, 0.2) is 60.7 Å². The summed E-state index contributed by atoms with van der Waals surface area (Å²) < 4.78 is 4.12. The van der Waals surface area contributed by atoms with Crippen LogP contribution in [0.4, 0.5) is 11.4 Å². The third-order valence-electron chi connectivity index (χ3n) is 2.96. The molecule has 0 N–H and O–H groups in total. The van der Waals surface area contributed by atoms with E-state index in [-0.39, 0.29) is 0 Å². The minimum absolute atomic E-state index is 1.01. The van der Waals surface area contributed by atoms with E-state index in [1.54, 1.807) is 0 Å². The van der Waals surface area contributed by atoms with E-state index < -0.39 is 11.1 Å². The molecule has 3 rings (SSSR count). The van der Waals surface area contributed by atoms with E-state index in [1.807, 2.05) is 60.7 Å². The number of hydrogen-bond acceptors (Lipinski definition) is 2. The zero-order chi connectivity index (χ0) is 14.4. The van der Waals surface area contributed by atoms with E-state index in [0.717, 1.165) is 11.4 Å². The Morgan fingerprint density at radius 3 is 1.25 bits per heavy atom. The highest BCUT2D eigenvalue weighted by molar-refractivity contribution is 8.80. The second-order valence-corrected chi connectivity index (χ2v) is 16.6. The summed E-state index contributed by atoms with van der Waals surface area (Å²) in [6.45, 7) is 0. The summed E-state index contributed by atoms with van der Waals surface area (Å²) in [5.41, 5.74) is -2.36. The average molecular weight is 374 g/mol. The van der Waals surface area contributed by atoms with Crippen molar-refractivity contribution < 1.29 is 0 Å². The van der Waals surface area contributed by atoms with Gasteiger partial charge >= 0.3 is 0 Å². The molecule has 20 heavy (non-hydrogen) atoms. The van der Waals surface area contributed by atoms with Gasteiger partial charge in [-0.15, -0.1) is 24.5 Å². The molecular formula is C12H12N2P2S4. The van der Waals surface area contributed by atoms with Crippen LogP contribution in [0.3, 0.4) is 0 Å². The lowest BCUT2D eigenvalue weighted by Crippen LogP contribution is -2.37. The first kappa shape index (κ1) is 15.0. The molecule has 0 atom stereocenters. The third kappa shape index (κ3) is 2.27. The highest BCUT2D eigenvalue weighted by Crippen LogP contribution is 2.91. The number of nitrogens with zero attached hydrogens (tertiary/aromatic N) is 2. The normalized spacial score (nSPS) is 29.1. The lowest BCUT2D eigenvalue weighted by Gasteiger charge is -2.59. The molecule has 0 spiro atoms. The predicted molar refractivity (Wildman–Crippen MR) is 104 cm³/mol. The molecule has 0 saturated carbocycles. The fraction of sp³-hybridized carbons (Fsp3) is 0. The van der Waals surface area contributed by atoms with E-state index in [1.165, 1.54) is 0 Å². The minimum Gasteiger partial charge on any atom is -0.267 e. The van der Waals surface area contributed by atoms with Crippen LogP contribution in [-0.4, -0.2) is 0 Å². The third-order valence-corrected chi connectivity index (χ3v) is 16.2. The van der Waals surface area contributed by atoms with E-state index in [9.17, 15) is 0 Å². The Balaban J connectivity index is 2.07. The van der Waals surface area contributed by atoms with Crippen molar-refractivity contribution in [3.05, 3.63) is 60.7 Å². The van der Waals surface area contributed by atoms with Crippen LogP contribution in [0.5, 0.6) is 0 Å². The van der Waals surface area contributed by atoms with Crippen LogP contribution in [0.1, 0.15) is 0 Å². The van der Waals surface area contributed by atoms with Crippen molar-refractivity contribution in [2.24, 2.45) is 0 Å². The maximum absolute atomic E-state index is 5.77. The Hall–Kier alpha value is 0.0400. The fourth-order valence-electron chi connectivity index (χ4n) is 2.16. The van der Waals surface area contributed by atoms with Crippen LogP contribution in [-0.2, 0) is 23.6 Å². The molecule has 1 fully saturated rings. The summed E-state index contributed by atoms with van der Waals surface area (Å²) in [6, 6.07) is 19.9. The first-order valence-corrected chi connectivity index (χ1v) is 13.6. The quantitative estimate of drug-likeness (QED) is 0.542. The Labute approximate surface area is 139 Å². The molecule has 0 aliphatic carbocycles. The largest absolute Gasteiger partial charge is 0.267 e. The summed E-state index contributed by atoms with van der Waals surface area (Å²) in [5.74, 6) is 0. The molecule has 104 valence electrons. The van der Waals surface area contributed by atoms with Gasteiger partial charge in [0, 0.05) is 11.4 Å². The van der Waals surface area contributed by atoms with Crippen molar-refractivity contribution in [1.29, 1.82) is 0 Å². The van der Waals surface area contributed by atoms with Crippen LogP contribution in [0.2, 0.25) is 0 Å². The highest BCUT2D eigenvalue weighted by atomic mass is 32.9. The topological polar surface area (TPSA) is 6.48 Å². The van der Waals surface area contributed by atoms with Gasteiger partial charge < -0.3 is 0 Å². The standard InChI is InChI=1S/C12H12N2P2S4/c17-15(18)13(11-7-3-1-4-8-11)16(19,20)14(15)12-9-5-2-6-10-12/h1-10H,(H,17,18)(H,19,20). The van der Waals surface area contributed by atoms with Gasteiger partial charge in [-0.1, -0.05) is 36.4 Å². The number of hydrogen-bond donors (Lipinski definition) is 2. The zero-order valence-electron chi connectivity index (χ0n) is 10.3. The molecule has 2 aromatic rings. The fourth-order valence-corrected chi connectivity index (χ4v) is 21.3. The molecule has 2 nitrogen and oxygen atoms in total. The van der Waals surface area contributed by atoms with Crippen LogP contribution >= 0.6 is 35.6 Å². The van der Waals surface area contributed by atoms with Crippen molar-refractivity contribution in [3.8, 4) is 0 Å². The summed E-state index contributed by atoms with van der Waals surface area (Å²) in [7, 11) is 0. The van der Waals surface area contributed by atoms with E-state index in [0.29, 0.717) is 0 Å². The smallest absolute Gasteiger partial charge is 0.188 e.